The summed E-state index contributed by atoms with van der Waals surface area (Å²) in [6.45, 7) is 2.28. The fourth-order valence-electron chi connectivity index (χ4n) is 3.00. The minimum Gasteiger partial charge on any atom is -0.489 e. The summed E-state index contributed by atoms with van der Waals surface area (Å²) in [6.07, 6.45) is 0. The van der Waals surface area contributed by atoms with E-state index in [0.717, 1.165) is 22.6 Å². The van der Waals surface area contributed by atoms with E-state index in [-0.39, 0.29) is 5.69 Å². The Kier molecular flexibility index (Phi) is 6.97. The second kappa shape index (κ2) is 10.2. The van der Waals surface area contributed by atoms with Gasteiger partial charge in [0.25, 0.3) is 5.69 Å². The van der Waals surface area contributed by atoms with Crippen molar-refractivity contribution >= 4 is 39.5 Å². The Morgan fingerprint density at radius 3 is 2.70 bits per heavy atom. The molecule has 9 heteroatoms. The number of nitrogens with one attached hydrogen (secondary N) is 1. The van der Waals surface area contributed by atoms with Gasteiger partial charge < -0.3 is 4.74 Å². The van der Waals surface area contributed by atoms with Gasteiger partial charge in [-0.3, -0.25) is 15.5 Å². The number of halogens is 1. The Hall–Kier alpha value is -3.75. The Morgan fingerprint density at radius 2 is 1.94 bits per heavy atom. The molecular formula is C24H19ClN4O3S. The van der Waals surface area contributed by atoms with E-state index >= 15 is 0 Å². The van der Waals surface area contributed by atoms with E-state index in [2.05, 4.69) is 15.5 Å². The highest BCUT2D eigenvalue weighted by atomic mass is 35.5. The van der Waals surface area contributed by atoms with Gasteiger partial charge >= 0.3 is 0 Å². The summed E-state index contributed by atoms with van der Waals surface area (Å²) in [6, 6.07) is 21.6. The number of non-ortho nitro benzene ring substituents is 1. The summed E-state index contributed by atoms with van der Waals surface area (Å²) in [5.74, 6) is 0.737. The molecule has 7 nitrogen and oxygen atoms in total. The van der Waals surface area contributed by atoms with Crippen LogP contribution in [0.4, 0.5) is 10.8 Å². The Morgan fingerprint density at radius 1 is 1.15 bits per heavy atom. The van der Waals surface area contributed by atoms with Crippen molar-refractivity contribution in [2.24, 2.45) is 5.10 Å². The molecule has 0 bridgehead atoms. The summed E-state index contributed by atoms with van der Waals surface area (Å²) >= 11 is 7.54. The molecule has 3 aromatic carbocycles. The van der Waals surface area contributed by atoms with Crippen LogP contribution >= 0.6 is 22.9 Å². The molecule has 1 aromatic heterocycles. The van der Waals surface area contributed by atoms with Gasteiger partial charge in [-0.25, -0.2) is 4.98 Å². The first-order valence-corrected chi connectivity index (χ1v) is 11.2. The van der Waals surface area contributed by atoms with Crippen molar-refractivity contribution in [3.8, 4) is 17.0 Å². The Balaban J connectivity index is 1.38. The van der Waals surface area contributed by atoms with Crippen molar-refractivity contribution in [2.75, 3.05) is 5.43 Å². The van der Waals surface area contributed by atoms with Gasteiger partial charge in [0.05, 0.1) is 16.3 Å². The topological polar surface area (TPSA) is 89.7 Å². The van der Waals surface area contributed by atoms with Crippen molar-refractivity contribution < 1.29 is 9.66 Å². The van der Waals surface area contributed by atoms with E-state index < -0.39 is 4.92 Å². The van der Waals surface area contributed by atoms with Crippen molar-refractivity contribution in [1.29, 1.82) is 0 Å². The number of aromatic nitrogens is 1. The van der Waals surface area contributed by atoms with E-state index in [0.29, 0.717) is 28.0 Å². The third-order valence-corrected chi connectivity index (χ3v) is 5.92. The first kappa shape index (κ1) is 22.4. The van der Waals surface area contributed by atoms with Crippen LogP contribution in [0.1, 0.15) is 18.1 Å². The molecule has 0 atom stereocenters. The Labute approximate surface area is 199 Å². The molecule has 0 unspecified atom stereocenters. The van der Waals surface area contributed by atoms with Crippen LogP contribution in [0, 0.1) is 10.1 Å². The highest BCUT2D eigenvalue weighted by Crippen LogP contribution is 2.27. The van der Waals surface area contributed by atoms with Gasteiger partial charge in [0, 0.05) is 33.7 Å². The largest absolute Gasteiger partial charge is 0.489 e. The number of hydrogen-bond donors (Lipinski definition) is 1. The normalized spacial score (nSPS) is 11.3. The van der Waals surface area contributed by atoms with Gasteiger partial charge in [-0.1, -0.05) is 41.9 Å². The molecule has 166 valence electrons. The van der Waals surface area contributed by atoms with E-state index in [1.165, 1.54) is 23.5 Å². The molecule has 4 rings (SSSR count). The van der Waals surface area contributed by atoms with E-state index in [1.54, 1.807) is 12.1 Å². The third kappa shape index (κ3) is 5.74. The molecule has 1 N–H and O–H groups in total. The molecule has 1 heterocycles. The van der Waals surface area contributed by atoms with Crippen LogP contribution in [0.25, 0.3) is 11.3 Å². The predicted octanol–water partition coefficient (Wildman–Crippen LogP) is 6.79. The smallest absolute Gasteiger partial charge is 0.270 e. The lowest BCUT2D eigenvalue weighted by Gasteiger charge is -2.08. The molecule has 4 aromatic rings. The lowest BCUT2D eigenvalue weighted by Crippen LogP contribution is -2.00. The van der Waals surface area contributed by atoms with Gasteiger partial charge in [-0.05, 0) is 42.8 Å². The van der Waals surface area contributed by atoms with Crippen molar-refractivity contribution in [2.45, 2.75) is 13.5 Å². The molecule has 33 heavy (non-hydrogen) atoms. The molecule has 0 saturated carbocycles. The summed E-state index contributed by atoms with van der Waals surface area (Å²) in [5.41, 5.74) is 6.96. The lowest BCUT2D eigenvalue weighted by atomic mass is 10.1. The summed E-state index contributed by atoms with van der Waals surface area (Å²) in [4.78, 5) is 15.0. The van der Waals surface area contributed by atoms with Crippen molar-refractivity contribution in [1.82, 2.24) is 4.98 Å². The maximum atomic E-state index is 11.0. The quantitative estimate of drug-likeness (QED) is 0.171. The zero-order valence-corrected chi connectivity index (χ0v) is 19.1. The van der Waals surface area contributed by atoms with Gasteiger partial charge in [0.15, 0.2) is 0 Å². The van der Waals surface area contributed by atoms with Crippen LogP contribution in [-0.2, 0) is 6.61 Å². The van der Waals surface area contributed by atoms with Crippen LogP contribution in [0.2, 0.25) is 5.02 Å². The first-order chi connectivity index (χ1) is 16.0. The number of hydrogen-bond acceptors (Lipinski definition) is 7. The summed E-state index contributed by atoms with van der Waals surface area (Å²) in [5, 5.41) is 18.5. The van der Waals surface area contributed by atoms with E-state index in [4.69, 9.17) is 16.3 Å². The number of hydrazone groups is 1. The fraction of sp³-hybridized carbons (Fsp3) is 0.0833. The third-order valence-electron chi connectivity index (χ3n) is 4.80. The fourth-order valence-corrected chi connectivity index (χ4v) is 3.85. The molecular weight excluding hydrogens is 460 g/mol. The highest BCUT2D eigenvalue weighted by molar-refractivity contribution is 7.14. The summed E-state index contributed by atoms with van der Waals surface area (Å²) < 4.78 is 5.81. The zero-order valence-electron chi connectivity index (χ0n) is 17.6. The van der Waals surface area contributed by atoms with Gasteiger partial charge in [-0.2, -0.15) is 5.10 Å². The molecule has 0 fully saturated rings. The second-order valence-electron chi connectivity index (χ2n) is 7.06. The van der Waals surface area contributed by atoms with Crippen LogP contribution in [0.3, 0.4) is 0 Å². The average Bonchev–Trinajstić information content (AvgIpc) is 3.32. The highest BCUT2D eigenvalue weighted by Gasteiger charge is 2.10. The van der Waals surface area contributed by atoms with E-state index in [9.17, 15) is 10.1 Å². The lowest BCUT2D eigenvalue weighted by molar-refractivity contribution is -0.384. The van der Waals surface area contributed by atoms with E-state index in [1.807, 2.05) is 60.8 Å². The predicted molar refractivity (Wildman–Crippen MR) is 132 cm³/mol. The van der Waals surface area contributed by atoms with Crippen LogP contribution in [0.15, 0.2) is 83.3 Å². The zero-order chi connectivity index (χ0) is 23.2. The maximum absolute atomic E-state index is 11.0. The van der Waals surface area contributed by atoms with Crippen molar-refractivity contribution in [3.63, 3.8) is 0 Å². The molecule has 0 amide bonds. The molecule has 0 aliphatic rings. The second-order valence-corrected chi connectivity index (χ2v) is 8.32. The summed E-state index contributed by atoms with van der Waals surface area (Å²) in [7, 11) is 0. The Bertz CT molecular complexity index is 1310. The number of nitro groups is 1. The van der Waals surface area contributed by atoms with Crippen molar-refractivity contribution in [3.05, 3.63) is 104 Å². The van der Waals surface area contributed by atoms with Gasteiger partial charge in [0.1, 0.15) is 12.4 Å². The maximum Gasteiger partial charge on any atom is 0.270 e. The number of ether oxygens (including phenoxy) is 1. The number of thiazole rings is 1. The molecule has 0 spiro atoms. The number of nitrogens with zero attached hydrogens (tertiary/aromatic N) is 3. The van der Waals surface area contributed by atoms with Crippen LogP contribution in [0.5, 0.6) is 5.75 Å². The molecule has 0 radical (unpaired) electrons. The number of benzene rings is 3. The average molecular weight is 479 g/mol. The standard InChI is InChI=1S/C24H19ClN4O3S/c1-16(17-9-11-21(12-10-17)32-14-19-5-2-3-8-22(19)25)27-28-24-26-23(15-33-24)18-6-4-7-20(13-18)29(30)31/h2-13,15H,14H2,1H3,(H,26,28)/b27-16-. The minimum atomic E-state index is -0.421. The SMILES string of the molecule is C/C(=N/Nc1nc(-c2cccc([N+](=O)[O-])c2)cs1)c1ccc(OCc2ccccc2Cl)cc1. The molecule has 0 aliphatic carbocycles. The number of nitro benzene ring substituents is 1. The monoisotopic (exact) mass is 478 g/mol. The van der Waals surface area contributed by atoms with Gasteiger partial charge in [-0.15, -0.1) is 11.3 Å². The number of rotatable bonds is 8. The van der Waals surface area contributed by atoms with Crippen LogP contribution < -0.4 is 10.2 Å². The van der Waals surface area contributed by atoms with Crippen LogP contribution in [-0.4, -0.2) is 15.6 Å². The van der Waals surface area contributed by atoms with Gasteiger partial charge in [0.2, 0.25) is 5.13 Å². The number of anilines is 1. The minimum absolute atomic E-state index is 0.0307. The first-order valence-electron chi connectivity index (χ1n) is 9.97. The molecule has 0 aliphatic heterocycles. The molecule has 0 saturated heterocycles.